The van der Waals surface area contributed by atoms with Gasteiger partial charge in [-0.1, -0.05) is 17.7 Å². The molecule has 3 unspecified atom stereocenters. The monoisotopic (exact) mass is 474 g/mol. The van der Waals surface area contributed by atoms with Crippen molar-refractivity contribution in [3.05, 3.63) is 41.2 Å². The summed E-state index contributed by atoms with van der Waals surface area (Å²) in [6, 6.07) is 6.27. The normalized spacial score (nSPS) is 20.7. The number of pyridine rings is 1. The molecule has 1 aliphatic rings. The number of hydrogen-bond acceptors (Lipinski definition) is 5. The van der Waals surface area contributed by atoms with Gasteiger partial charge in [0.1, 0.15) is 11.3 Å². The van der Waals surface area contributed by atoms with Crippen LogP contribution in [0.5, 0.6) is 0 Å². The molecule has 9 heteroatoms. The molecule has 3 amide bonds. The highest BCUT2D eigenvalue weighted by molar-refractivity contribution is 6.31. The molecular weight excluding hydrogens is 444 g/mol. The Labute approximate surface area is 199 Å². The van der Waals surface area contributed by atoms with E-state index in [2.05, 4.69) is 15.6 Å². The van der Waals surface area contributed by atoms with Gasteiger partial charge in [-0.15, -0.1) is 0 Å². The molecule has 1 aromatic heterocycles. The zero-order valence-electron chi connectivity index (χ0n) is 19.6. The molecular formula is C24H31ClN4O4. The Morgan fingerprint density at radius 3 is 2.45 bits per heavy atom. The van der Waals surface area contributed by atoms with Gasteiger partial charge in [0.05, 0.1) is 6.04 Å². The number of alkyl carbamates (subject to hydrolysis) is 1. The highest BCUT2D eigenvalue weighted by atomic mass is 35.5. The average Bonchev–Trinajstić information content (AvgIpc) is 2.72. The van der Waals surface area contributed by atoms with Gasteiger partial charge < -0.3 is 20.3 Å². The van der Waals surface area contributed by atoms with Crippen LogP contribution in [-0.2, 0) is 9.53 Å². The van der Waals surface area contributed by atoms with Crippen LogP contribution in [0.25, 0.3) is 10.8 Å². The number of nitrogens with one attached hydrogen (secondary N) is 2. The van der Waals surface area contributed by atoms with E-state index in [1.165, 1.54) is 0 Å². The molecule has 0 aliphatic heterocycles. The number of carbonyl (C=O) groups is 3. The van der Waals surface area contributed by atoms with Crippen LogP contribution < -0.4 is 10.6 Å². The lowest BCUT2D eigenvalue weighted by molar-refractivity contribution is -0.134. The van der Waals surface area contributed by atoms with Gasteiger partial charge in [0.25, 0.3) is 5.91 Å². The third-order valence-corrected chi connectivity index (χ3v) is 5.81. The molecule has 33 heavy (non-hydrogen) atoms. The van der Waals surface area contributed by atoms with E-state index in [0.29, 0.717) is 24.3 Å². The van der Waals surface area contributed by atoms with Crippen molar-refractivity contribution in [3.63, 3.8) is 0 Å². The lowest BCUT2D eigenvalue weighted by Gasteiger charge is -2.37. The molecule has 0 spiro atoms. The molecule has 1 heterocycles. The fraction of sp³-hybridized carbons (Fsp3) is 0.500. The van der Waals surface area contributed by atoms with Crippen molar-refractivity contribution in [1.29, 1.82) is 0 Å². The molecule has 0 radical (unpaired) electrons. The van der Waals surface area contributed by atoms with Gasteiger partial charge in [-0.2, -0.15) is 0 Å². The van der Waals surface area contributed by atoms with E-state index in [-0.39, 0.29) is 29.5 Å². The zero-order valence-corrected chi connectivity index (χ0v) is 20.4. The van der Waals surface area contributed by atoms with Crippen molar-refractivity contribution in [1.82, 2.24) is 20.5 Å². The van der Waals surface area contributed by atoms with Crippen LogP contribution in [0.15, 0.2) is 30.5 Å². The zero-order chi connectivity index (χ0) is 24.3. The second-order valence-corrected chi connectivity index (χ2v) is 10.1. The molecule has 3 atom stereocenters. The van der Waals surface area contributed by atoms with Crippen LogP contribution in [0.3, 0.4) is 0 Å². The molecule has 178 valence electrons. The topological polar surface area (TPSA) is 101 Å². The van der Waals surface area contributed by atoms with Crippen LogP contribution in [-0.4, -0.2) is 59.6 Å². The molecule has 1 fully saturated rings. The number of benzene rings is 1. The number of halogens is 1. The molecule has 1 saturated carbocycles. The molecule has 2 aromatic rings. The second-order valence-electron chi connectivity index (χ2n) is 9.64. The van der Waals surface area contributed by atoms with Gasteiger partial charge in [0.15, 0.2) is 0 Å². The summed E-state index contributed by atoms with van der Waals surface area (Å²) in [6.07, 6.45) is 2.59. The van der Waals surface area contributed by atoms with Crippen molar-refractivity contribution in [2.75, 3.05) is 14.1 Å². The first-order chi connectivity index (χ1) is 15.4. The molecule has 1 aliphatic carbocycles. The Balaban J connectivity index is 1.76. The van der Waals surface area contributed by atoms with Gasteiger partial charge >= 0.3 is 6.09 Å². The number of rotatable bonds is 4. The Kier molecular flexibility index (Phi) is 7.47. The summed E-state index contributed by atoms with van der Waals surface area (Å²) in [4.78, 5) is 43.8. The first kappa shape index (κ1) is 24.8. The van der Waals surface area contributed by atoms with Crippen molar-refractivity contribution in [2.45, 2.75) is 57.7 Å². The fourth-order valence-corrected chi connectivity index (χ4v) is 4.21. The standard InChI is InChI=1S/C24H31ClN4O4/c1-24(2,3)33-23(32)28-19-12-15(22(31)29(4)5)7-9-18(19)27-21(30)20-11-14-6-8-17(25)10-16(14)13-26-20/h6,8,10-11,13,15,18-19H,7,9,12H2,1-5H3,(H,27,30)(H,28,32). The predicted molar refractivity (Wildman–Crippen MR) is 127 cm³/mol. The fourth-order valence-electron chi connectivity index (χ4n) is 4.03. The minimum Gasteiger partial charge on any atom is -0.444 e. The van der Waals surface area contributed by atoms with Gasteiger partial charge in [0, 0.05) is 42.7 Å². The van der Waals surface area contributed by atoms with Gasteiger partial charge in [-0.25, -0.2) is 4.79 Å². The first-order valence-corrected chi connectivity index (χ1v) is 11.4. The molecule has 0 saturated heterocycles. The van der Waals surface area contributed by atoms with E-state index in [1.54, 1.807) is 64.2 Å². The quantitative estimate of drug-likeness (QED) is 0.702. The summed E-state index contributed by atoms with van der Waals surface area (Å²) in [6.45, 7) is 5.34. The number of nitrogens with zero attached hydrogens (tertiary/aromatic N) is 2. The van der Waals surface area contributed by atoms with Crippen LogP contribution >= 0.6 is 11.6 Å². The maximum Gasteiger partial charge on any atom is 0.407 e. The maximum absolute atomic E-state index is 13.0. The summed E-state index contributed by atoms with van der Waals surface area (Å²) in [7, 11) is 3.43. The lowest BCUT2D eigenvalue weighted by Crippen LogP contribution is -2.56. The average molecular weight is 475 g/mol. The Morgan fingerprint density at radius 1 is 1.06 bits per heavy atom. The molecule has 0 bridgehead atoms. The summed E-state index contributed by atoms with van der Waals surface area (Å²) in [5, 5.41) is 8.14. The third kappa shape index (κ3) is 6.57. The molecule has 2 N–H and O–H groups in total. The summed E-state index contributed by atoms with van der Waals surface area (Å²) in [5.41, 5.74) is -0.388. The number of ether oxygens (including phenoxy) is 1. The SMILES string of the molecule is CN(C)C(=O)C1CCC(NC(=O)c2cc3ccc(Cl)cc3cn2)C(NC(=O)OC(C)(C)C)C1. The Bertz CT molecular complexity index is 1050. The van der Waals surface area contributed by atoms with Gasteiger partial charge in [0.2, 0.25) is 5.91 Å². The van der Waals surface area contributed by atoms with Crippen LogP contribution in [0, 0.1) is 5.92 Å². The Morgan fingerprint density at radius 2 is 1.79 bits per heavy atom. The number of carbonyl (C=O) groups excluding carboxylic acids is 3. The second kappa shape index (κ2) is 9.95. The lowest BCUT2D eigenvalue weighted by atomic mass is 9.81. The summed E-state index contributed by atoms with van der Waals surface area (Å²) in [5.74, 6) is -0.576. The number of amides is 3. The molecule has 8 nitrogen and oxygen atoms in total. The van der Waals surface area contributed by atoms with Crippen LogP contribution in [0.1, 0.15) is 50.5 Å². The predicted octanol–water partition coefficient (Wildman–Crippen LogP) is 3.77. The van der Waals surface area contributed by atoms with Crippen molar-refractivity contribution in [3.8, 4) is 0 Å². The van der Waals surface area contributed by atoms with Crippen LogP contribution in [0.4, 0.5) is 4.79 Å². The van der Waals surface area contributed by atoms with Crippen molar-refractivity contribution >= 4 is 40.3 Å². The minimum absolute atomic E-state index is 0.00521. The third-order valence-electron chi connectivity index (χ3n) is 5.58. The number of aromatic nitrogens is 1. The summed E-state index contributed by atoms with van der Waals surface area (Å²) >= 11 is 6.02. The molecule has 1 aromatic carbocycles. The van der Waals surface area contributed by atoms with Crippen LogP contribution in [0.2, 0.25) is 5.02 Å². The van der Waals surface area contributed by atoms with E-state index >= 15 is 0 Å². The summed E-state index contributed by atoms with van der Waals surface area (Å²) < 4.78 is 5.40. The molecule has 3 rings (SSSR count). The van der Waals surface area contributed by atoms with E-state index < -0.39 is 17.7 Å². The van der Waals surface area contributed by atoms with Crippen molar-refractivity contribution < 1.29 is 19.1 Å². The minimum atomic E-state index is -0.658. The van der Waals surface area contributed by atoms with E-state index in [0.717, 1.165) is 10.8 Å². The Hall–Kier alpha value is -2.87. The maximum atomic E-state index is 13.0. The van der Waals surface area contributed by atoms with Gasteiger partial charge in [-0.3, -0.25) is 14.6 Å². The highest BCUT2D eigenvalue weighted by Crippen LogP contribution is 2.27. The van der Waals surface area contributed by atoms with E-state index in [1.807, 2.05) is 6.07 Å². The van der Waals surface area contributed by atoms with Crippen molar-refractivity contribution in [2.24, 2.45) is 5.92 Å². The van der Waals surface area contributed by atoms with E-state index in [4.69, 9.17) is 16.3 Å². The first-order valence-electron chi connectivity index (χ1n) is 11.0. The smallest absolute Gasteiger partial charge is 0.407 e. The highest BCUT2D eigenvalue weighted by Gasteiger charge is 2.37. The van der Waals surface area contributed by atoms with E-state index in [9.17, 15) is 14.4 Å². The number of hydrogen-bond donors (Lipinski definition) is 2. The largest absolute Gasteiger partial charge is 0.444 e. The van der Waals surface area contributed by atoms with Gasteiger partial charge in [-0.05, 0) is 63.6 Å². The number of fused-ring (bicyclic) bond motifs is 1.